The van der Waals surface area contributed by atoms with E-state index in [-0.39, 0.29) is 6.61 Å². The van der Waals surface area contributed by atoms with Crippen LogP contribution in [0.4, 0.5) is 10.5 Å². The molecule has 0 radical (unpaired) electrons. The first-order chi connectivity index (χ1) is 9.69. The molecule has 104 valence electrons. The van der Waals surface area contributed by atoms with Gasteiger partial charge in [0.15, 0.2) is 6.10 Å². The Morgan fingerprint density at radius 3 is 2.90 bits per heavy atom. The SMILES string of the molecule is N#Cc1cccc(NC(=O)NC(=O)C2COCCO2)c1. The molecule has 0 spiro atoms. The highest BCUT2D eigenvalue weighted by Crippen LogP contribution is 2.09. The molecule has 0 aliphatic carbocycles. The second kappa shape index (κ2) is 6.65. The summed E-state index contributed by atoms with van der Waals surface area (Å²) < 4.78 is 10.2. The summed E-state index contributed by atoms with van der Waals surface area (Å²) in [6, 6.07) is 7.64. The lowest BCUT2D eigenvalue weighted by Crippen LogP contribution is -2.46. The highest BCUT2D eigenvalue weighted by molar-refractivity contribution is 6.02. The van der Waals surface area contributed by atoms with E-state index in [0.29, 0.717) is 24.5 Å². The standard InChI is InChI=1S/C13H13N3O4/c14-7-9-2-1-3-10(6-9)15-13(18)16-12(17)11-8-19-4-5-20-11/h1-3,6,11H,4-5,8H2,(H2,15,16,17,18). The maximum absolute atomic E-state index is 11.7. The van der Waals surface area contributed by atoms with Gasteiger partial charge in [-0.15, -0.1) is 0 Å². The Kier molecular flexibility index (Phi) is 4.65. The summed E-state index contributed by atoms with van der Waals surface area (Å²) in [6.45, 7) is 0.893. The van der Waals surface area contributed by atoms with Crippen LogP contribution in [0.5, 0.6) is 0 Å². The van der Waals surface area contributed by atoms with E-state index in [1.807, 2.05) is 6.07 Å². The van der Waals surface area contributed by atoms with Gasteiger partial charge in [-0.05, 0) is 18.2 Å². The monoisotopic (exact) mass is 275 g/mol. The highest BCUT2D eigenvalue weighted by atomic mass is 16.6. The molecule has 7 nitrogen and oxygen atoms in total. The summed E-state index contributed by atoms with van der Waals surface area (Å²) in [7, 11) is 0. The van der Waals surface area contributed by atoms with Crippen molar-refractivity contribution in [1.82, 2.24) is 5.32 Å². The minimum Gasteiger partial charge on any atom is -0.376 e. The molecule has 1 saturated heterocycles. The lowest BCUT2D eigenvalue weighted by Gasteiger charge is -2.21. The van der Waals surface area contributed by atoms with Crippen LogP contribution in [0, 0.1) is 11.3 Å². The fraction of sp³-hybridized carbons (Fsp3) is 0.308. The maximum Gasteiger partial charge on any atom is 0.325 e. The summed E-state index contributed by atoms with van der Waals surface area (Å²) in [5.74, 6) is -0.557. The van der Waals surface area contributed by atoms with Crippen LogP contribution >= 0.6 is 0 Å². The molecule has 0 bridgehead atoms. The molecule has 3 amide bonds. The zero-order valence-electron chi connectivity index (χ0n) is 10.6. The largest absolute Gasteiger partial charge is 0.376 e. The molecule has 1 unspecified atom stereocenters. The van der Waals surface area contributed by atoms with Gasteiger partial charge in [0.25, 0.3) is 5.91 Å². The molecule has 1 aromatic rings. The van der Waals surface area contributed by atoms with Crippen LogP contribution in [0.2, 0.25) is 0 Å². The predicted molar refractivity (Wildman–Crippen MR) is 68.9 cm³/mol. The summed E-state index contributed by atoms with van der Waals surface area (Å²) >= 11 is 0. The average molecular weight is 275 g/mol. The van der Waals surface area contributed by atoms with E-state index in [9.17, 15) is 9.59 Å². The molecule has 1 heterocycles. The van der Waals surface area contributed by atoms with Crippen molar-refractivity contribution in [2.45, 2.75) is 6.10 Å². The zero-order valence-corrected chi connectivity index (χ0v) is 10.6. The molecular weight excluding hydrogens is 262 g/mol. The van der Waals surface area contributed by atoms with Gasteiger partial charge in [0.05, 0.1) is 31.5 Å². The number of anilines is 1. The van der Waals surface area contributed by atoms with Gasteiger partial charge in [-0.2, -0.15) is 5.26 Å². The second-order valence-electron chi connectivity index (χ2n) is 4.07. The molecule has 2 N–H and O–H groups in total. The van der Waals surface area contributed by atoms with Gasteiger partial charge in [-0.1, -0.05) is 6.07 Å². The highest BCUT2D eigenvalue weighted by Gasteiger charge is 2.24. The van der Waals surface area contributed by atoms with E-state index in [4.69, 9.17) is 14.7 Å². The molecular formula is C13H13N3O4. The fourth-order valence-electron chi connectivity index (χ4n) is 1.66. The normalized spacial score (nSPS) is 17.9. The first kappa shape index (κ1) is 14.0. The van der Waals surface area contributed by atoms with Crippen LogP contribution < -0.4 is 10.6 Å². The smallest absolute Gasteiger partial charge is 0.325 e. The molecule has 1 aromatic carbocycles. The van der Waals surface area contributed by atoms with Crippen LogP contribution in [0.3, 0.4) is 0 Å². The van der Waals surface area contributed by atoms with Crippen molar-refractivity contribution in [3.05, 3.63) is 29.8 Å². The van der Waals surface area contributed by atoms with Crippen LogP contribution in [0.1, 0.15) is 5.56 Å². The number of nitrogens with zero attached hydrogens (tertiary/aromatic N) is 1. The molecule has 7 heteroatoms. The summed E-state index contributed by atoms with van der Waals surface area (Å²) in [5.41, 5.74) is 0.841. The van der Waals surface area contributed by atoms with E-state index >= 15 is 0 Å². The third-order valence-corrected chi connectivity index (χ3v) is 2.59. The quantitative estimate of drug-likeness (QED) is 0.824. The van der Waals surface area contributed by atoms with Crippen molar-refractivity contribution in [2.24, 2.45) is 0 Å². The lowest BCUT2D eigenvalue weighted by atomic mass is 10.2. The number of benzene rings is 1. The lowest BCUT2D eigenvalue weighted by molar-refractivity contribution is -0.146. The Morgan fingerprint density at radius 2 is 2.20 bits per heavy atom. The van der Waals surface area contributed by atoms with Gasteiger partial charge in [-0.25, -0.2) is 4.79 Å². The van der Waals surface area contributed by atoms with Crippen LogP contribution in [0.25, 0.3) is 0 Å². The van der Waals surface area contributed by atoms with Crippen molar-refractivity contribution >= 4 is 17.6 Å². The Morgan fingerprint density at radius 1 is 1.35 bits per heavy atom. The summed E-state index contributed by atoms with van der Waals surface area (Å²) in [4.78, 5) is 23.3. The number of imide groups is 1. The first-order valence-electron chi connectivity index (χ1n) is 6.00. The molecule has 20 heavy (non-hydrogen) atoms. The minimum absolute atomic E-state index is 0.128. The summed E-state index contributed by atoms with van der Waals surface area (Å²) in [5, 5.41) is 13.4. The minimum atomic E-state index is -0.778. The number of nitrogens with one attached hydrogen (secondary N) is 2. The second-order valence-corrected chi connectivity index (χ2v) is 4.07. The molecule has 0 aromatic heterocycles. The topological polar surface area (TPSA) is 100 Å². The van der Waals surface area contributed by atoms with E-state index in [1.54, 1.807) is 18.2 Å². The van der Waals surface area contributed by atoms with Crippen LogP contribution in [0.15, 0.2) is 24.3 Å². The van der Waals surface area contributed by atoms with Crippen molar-refractivity contribution in [2.75, 3.05) is 25.1 Å². The van der Waals surface area contributed by atoms with E-state index in [2.05, 4.69) is 10.6 Å². The van der Waals surface area contributed by atoms with Gasteiger partial charge < -0.3 is 14.8 Å². The molecule has 1 aliphatic rings. The number of carbonyl (C=O) groups is 2. The Labute approximate surface area is 115 Å². The van der Waals surface area contributed by atoms with Crippen molar-refractivity contribution < 1.29 is 19.1 Å². The van der Waals surface area contributed by atoms with E-state index < -0.39 is 18.0 Å². The number of urea groups is 1. The molecule has 0 saturated carbocycles. The Hall–Kier alpha value is -2.43. The first-order valence-corrected chi connectivity index (χ1v) is 6.00. The van der Waals surface area contributed by atoms with Crippen molar-refractivity contribution in [3.63, 3.8) is 0 Å². The van der Waals surface area contributed by atoms with Gasteiger partial charge in [0.2, 0.25) is 0 Å². The van der Waals surface area contributed by atoms with Crippen molar-refractivity contribution in [3.8, 4) is 6.07 Å². The van der Waals surface area contributed by atoms with Gasteiger partial charge >= 0.3 is 6.03 Å². The van der Waals surface area contributed by atoms with Gasteiger partial charge in [0.1, 0.15) is 0 Å². The van der Waals surface area contributed by atoms with E-state index in [1.165, 1.54) is 6.07 Å². The van der Waals surface area contributed by atoms with Crippen LogP contribution in [-0.4, -0.2) is 37.9 Å². The maximum atomic E-state index is 11.7. The number of hydrogen-bond acceptors (Lipinski definition) is 5. The average Bonchev–Trinajstić information content (AvgIpc) is 2.48. The summed E-state index contributed by atoms with van der Waals surface area (Å²) in [6.07, 6.45) is -0.778. The zero-order chi connectivity index (χ0) is 14.4. The van der Waals surface area contributed by atoms with Crippen molar-refractivity contribution in [1.29, 1.82) is 5.26 Å². The van der Waals surface area contributed by atoms with E-state index in [0.717, 1.165) is 0 Å². The third kappa shape index (κ3) is 3.78. The fourth-order valence-corrected chi connectivity index (χ4v) is 1.66. The molecule has 2 rings (SSSR count). The molecule has 1 atom stereocenters. The molecule has 1 aliphatic heterocycles. The Balaban J connectivity index is 1.88. The molecule has 1 fully saturated rings. The third-order valence-electron chi connectivity index (χ3n) is 2.59. The predicted octanol–water partition coefficient (Wildman–Crippen LogP) is 0.622. The Bertz CT molecular complexity index is 547. The van der Waals surface area contributed by atoms with Gasteiger partial charge in [-0.3, -0.25) is 10.1 Å². The number of amides is 3. The van der Waals surface area contributed by atoms with Gasteiger partial charge in [0, 0.05) is 5.69 Å². The number of nitriles is 1. The number of carbonyl (C=O) groups excluding carboxylic acids is 2. The number of hydrogen-bond donors (Lipinski definition) is 2. The number of ether oxygens (including phenoxy) is 2. The van der Waals surface area contributed by atoms with Crippen LogP contribution in [-0.2, 0) is 14.3 Å². The number of rotatable bonds is 2.